The van der Waals surface area contributed by atoms with Gasteiger partial charge >= 0.3 is 0 Å². The lowest BCUT2D eigenvalue weighted by Gasteiger charge is -2.07. The normalized spacial score (nSPS) is 10.6. The quantitative estimate of drug-likeness (QED) is 0.516. The van der Waals surface area contributed by atoms with Gasteiger partial charge in [-0.3, -0.25) is 15.2 Å². The molecular weight excluding hydrogens is 435 g/mol. The predicted molar refractivity (Wildman–Crippen MR) is 116 cm³/mol. The molecule has 1 amide bonds. The number of carbonyl (C=O) groups excluding carboxylic acids is 1. The average Bonchev–Trinajstić information content (AvgIpc) is 3.17. The molecule has 0 atom stereocenters. The fourth-order valence-corrected chi connectivity index (χ4v) is 3.87. The van der Waals surface area contributed by atoms with Crippen molar-refractivity contribution in [3.8, 4) is 22.9 Å². The summed E-state index contributed by atoms with van der Waals surface area (Å²) in [6.07, 6.45) is 0. The van der Waals surface area contributed by atoms with Crippen LogP contribution in [0.5, 0.6) is 11.5 Å². The molecule has 2 N–H and O–H groups in total. The van der Waals surface area contributed by atoms with Gasteiger partial charge in [0.1, 0.15) is 11.5 Å². The number of benzene rings is 2. The van der Waals surface area contributed by atoms with E-state index in [0.717, 1.165) is 5.56 Å². The number of nitrogens with one attached hydrogen (secondary N) is 2. The van der Waals surface area contributed by atoms with E-state index in [2.05, 4.69) is 20.5 Å². The Kier molecular flexibility index (Phi) is 7.24. The number of rotatable bonds is 8. The third-order valence-corrected chi connectivity index (χ3v) is 5.47. The van der Waals surface area contributed by atoms with E-state index < -0.39 is 0 Å². The Morgan fingerprint density at radius 3 is 2.72 bits per heavy atom. The van der Waals surface area contributed by atoms with Gasteiger partial charge in [0.25, 0.3) is 0 Å². The summed E-state index contributed by atoms with van der Waals surface area (Å²) in [5.74, 6) is 2.51. The molecule has 152 valence electrons. The zero-order chi connectivity index (χ0) is 20.8. The van der Waals surface area contributed by atoms with E-state index in [1.165, 1.54) is 11.8 Å². The van der Waals surface area contributed by atoms with E-state index >= 15 is 0 Å². The number of thioether (sulfide) groups is 1. The Hall–Kier alpha value is -2.42. The Balaban J connectivity index is 1.58. The molecule has 0 saturated carbocycles. The first-order valence-corrected chi connectivity index (χ1v) is 10.4. The summed E-state index contributed by atoms with van der Waals surface area (Å²) in [5.41, 5.74) is 1.62. The molecule has 0 saturated heterocycles. The number of amides is 1. The molecule has 0 fully saturated rings. The maximum atomic E-state index is 12.2. The number of halogens is 2. The van der Waals surface area contributed by atoms with Crippen LogP contribution in [-0.2, 0) is 10.5 Å². The highest BCUT2D eigenvalue weighted by molar-refractivity contribution is 7.99. The molecule has 0 unspecified atom stereocenters. The van der Waals surface area contributed by atoms with Crippen LogP contribution in [0.3, 0.4) is 0 Å². The lowest BCUT2D eigenvalue weighted by atomic mass is 10.2. The molecule has 0 bridgehead atoms. The van der Waals surface area contributed by atoms with Crippen LogP contribution in [0.2, 0.25) is 10.0 Å². The number of anilines is 1. The van der Waals surface area contributed by atoms with E-state index in [1.807, 2.05) is 6.07 Å². The Morgan fingerprint density at radius 1 is 1.17 bits per heavy atom. The van der Waals surface area contributed by atoms with Gasteiger partial charge in [-0.2, -0.15) is 4.98 Å². The monoisotopic (exact) mass is 452 g/mol. The van der Waals surface area contributed by atoms with Crippen molar-refractivity contribution in [3.63, 3.8) is 0 Å². The Morgan fingerprint density at radius 2 is 2.00 bits per heavy atom. The topological polar surface area (TPSA) is 89.1 Å². The minimum atomic E-state index is -0.215. The van der Waals surface area contributed by atoms with E-state index in [0.29, 0.717) is 38.7 Å². The molecule has 2 aromatic carbocycles. The summed E-state index contributed by atoms with van der Waals surface area (Å²) in [7, 11) is 3.14. The third kappa shape index (κ3) is 5.56. The van der Waals surface area contributed by atoms with Crippen molar-refractivity contribution in [3.05, 3.63) is 52.0 Å². The SMILES string of the molecule is COc1ccc(-c2nc(NC(=O)CSCc3ccc(Cl)cc3Cl)n[nH]2)c(OC)c1. The van der Waals surface area contributed by atoms with Crippen molar-refractivity contribution in [2.24, 2.45) is 0 Å². The van der Waals surface area contributed by atoms with Crippen molar-refractivity contribution >= 4 is 46.8 Å². The van der Waals surface area contributed by atoms with Gasteiger partial charge in [0.2, 0.25) is 11.9 Å². The van der Waals surface area contributed by atoms with Gasteiger partial charge in [-0.05, 0) is 29.8 Å². The standard InChI is InChI=1S/C19H18Cl2N4O3S/c1-27-13-5-6-14(16(8-13)28-2)18-23-19(25-24-18)22-17(26)10-29-9-11-3-4-12(20)7-15(11)21/h3-8H,9-10H2,1-2H3,(H2,22,23,24,25,26). The summed E-state index contributed by atoms with van der Waals surface area (Å²) >= 11 is 13.5. The van der Waals surface area contributed by atoms with Crippen LogP contribution in [0.4, 0.5) is 5.95 Å². The van der Waals surface area contributed by atoms with Crippen LogP contribution in [0.1, 0.15) is 5.56 Å². The van der Waals surface area contributed by atoms with Crippen LogP contribution < -0.4 is 14.8 Å². The van der Waals surface area contributed by atoms with Crippen molar-refractivity contribution in [2.45, 2.75) is 5.75 Å². The first kappa shape index (κ1) is 21.3. The summed E-state index contributed by atoms with van der Waals surface area (Å²) in [6.45, 7) is 0. The first-order valence-electron chi connectivity index (χ1n) is 8.46. The number of aromatic nitrogens is 3. The number of carbonyl (C=O) groups is 1. The number of methoxy groups -OCH3 is 2. The number of hydrogen-bond acceptors (Lipinski definition) is 6. The molecule has 10 heteroatoms. The van der Waals surface area contributed by atoms with Crippen molar-refractivity contribution in [1.82, 2.24) is 15.2 Å². The van der Waals surface area contributed by atoms with Crippen LogP contribution in [-0.4, -0.2) is 41.1 Å². The number of nitrogens with zero attached hydrogens (tertiary/aromatic N) is 2. The first-order chi connectivity index (χ1) is 14.0. The summed E-state index contributed by atoms with van der Waals surface area (Å²) in [6, 6.07) is 10.6. The lowest BCUT2D eigenvalue weighted by Crippen LogP contribution is -2.15. The van der Waals surface area contributed by atoms with Gasteiger partial charge in [0.05, 0.1) is 25.5 Å². The molecule has 0 aliphatic heterocycles. The minimum Gasteiger partial charge on any atom is -0.497 e. The Bertz CT molecular complexity index is 1010. The van der Waals surface area contributed by atoms with E-state index in [4.69, 9.17) is 32.7 Å². The fourth-order valence-electron chi connectivity index (χ4n) is 2.49. The van der Waals surface area contributed by atoms with Gasteiger partial charge in [0, 0.05) is 21.9 Å². The second-order valence-electron chi connectivity index (χ2n) is 5.85. The summed E-state index contributed by atoms with van der Waals surface area (Å²) in [4.78, 5) is 16.5. The highest BCUT2D eigenvalue weighted by Crippen LogP contribution is 2.31. The summed E-state index contributed by atoms with van der Waals surface area (Å²) < 4.78 is 10.6. The van der Waals surface area contributed by atoms with E-state index in [-0.39, 0.29) is 17.6 Å². The minimum absolute atomic E-state index is 0.188. The zero-order valence-electron chi connectivity index (χ0n) is 15.7. The second-order valence-corrected chi connectivity index (χ2v) is 7.68. The smallest absolute Gasteiger partial charge is 0.249 e. The Labute approximate surface area is 182 Å². The number of H-pyrrole nitrogens is 1. The molecule has 1 aromatic heterocycles. The molecule has 0 aliphatic carbocycles. The maximum absolute atomic E-state index is 12.2. The van der Waals surface area contributed by atoms with Gasteiger partial charge in [-0.15, -0.1) is 16.9 Å². The van der Waals surface area contributed by atoms with Crippen molar-refractivity contribution in [2.75, 3.05) is 25.3 Å². The highest BCUT2D eigenvalue weighted by Gasteiger charge is 2.14. The van der Waals surface area contributed by atoms with E-state index in [1.54, 1.807) is 44.6 Å². The molecule has 1 heterocycles. The molecular formula is C19H18Cl2N4O3S. The third-order valence-electron chi connectivity index (χ3n) is 3.91. The lowest BCUT2D eigenvalue weighted by molar-refractivity contribution is -0.113. The second kappa shape index (κ2) is 9.87. The van der Waals surface area contributed by atoms with Crippen LogP contribution in [0.25, 0.3) is 11.4 Å². The van der Waals surface area contributed by atoms with Crippen molar-refractivity contribution in [1.29, 1.82) is 0 Å². The zero-order valence-corrected chi connectivity index (χ0v) is 18.0. The molecule has 29 heavy (non-hydrogen) atoms. The van der Waals surface area contributed by atoms with E-state index in [9.17, 15) is 4.79 Å². The van der Waals surface area contributed by atoms with Crippen LogP contribution >= 0.6 is 35.0 Å². The maximum Gasteiger partial charge on any atom is 0.249 e. The summed E-state index contributed by atoms with van der Waals surface area (Å²) in [5, 5.41) is 10.7. The number of ether oxygens (including phenoxy) is 2. The molecule has 0 radical (unpaired) electrons. The van der Waals surface area contributed by atoms with Crippen LogP contribution in [0.15, 0.2) is 36.4 Å². The molecule has 3 rings (SSSR count). The number of aromatic amines is 1. The van der Waals surface area contributed by atoms with Gasteiger partial charge in [-0.1, -0.05) is 29.3 Å². The predicted octanol–water partition coefficient (Wildman–Crippen LogP) is 4.67. The number of hydrogen-bond donors (Lipinski definition) is 2. The highest BCUT2D eigenvalue weighted by atomic mass is 35.5. The molecule has 3 aromatic rings. The van der Waals surface area contributed by atoms with Crippen molar-refractivity contribution < 1.29 is 14.3 Å². The van der Waals surface area contributed by atoms with Gasteiger partial charge < -0.3 is 9.47 Å². The van der Waals surface area contributed by atoms with Gasteiger partial charge in [-0.25, -0.2) is 0 Å². The average molecular weight is 453 g/mol. The molecule has 0 aliphatic rings. The van der Waals surface area contributed by atoms with Crippen LogP contribution in [0, 0.1) is 0 Å². The van der Waals surface area contributed by atoms with Gasteiger partial charge in [0.15, 0.2) is 5.82 Å². The largest absolute Gasteiger partial charge is 0.497 e. The fraction of sp³-hybridized carbons (Fsp3) is 0.211. The molecule has 7 nitrogen and oxygen atoms in total. The molecule has 0 spiro atoms.